The Kier molecular flexibility index (Phi) is 5.67. The minimum Gasteiger partial charge on any atom is -0.466 e. The number of alkyl halides is 3. The lowest BCUT2D eigenvalue weighted by Gasteiger charge is -2.35. The van der Waals surface area contributed by atoms with Crippen LogP contribution in [0.5, 0.6) is 0 Å². The van der Waals surface area contributed by atoms with E-state index in [0.29, 0.717) is 11.4 Å². The molecule has 1 aromatic rings. The molecular weight excluding hydrogens is 363 g/mol. The molecule has 27 heavy (non-hydrogen) atoms. The van der Waals surface area contributed by atoms with E-state index in [1.807, 2.05) is 0 Å². The molecule has 0 spiro atoms. The third-order valence-electron chi connectivity index (χ3n) is 4.72. The number of benzene rings is 1. The molecule has 1 aliphatic heterocycles. The zero-order valence-corrected chi connectivity index (χ0v) is 15.6. The van der Waals surface area contributed by atoms with Crippen molar-refractivity contribution in [3.05, 3.63) is 57.9 Å². The first-order valence-electron chi connectivity index (χ1n) is 8.03. The van der Waals surface area contributed by atoms with Crippen molar-refractivity contribution in [2.45, 2.75) is 25.9 Å². The van der Waals surface area contributed by atoms with Crippen molar-refractivity contribution in [2.24, 2.45) is 0 Å². The second kappa shape index (κ2) is 7.46. The molecule has 0 radical (unpaired) electrons. The molecular formula is C19H20F3NO4. The second-order valence-corrected chi connectivity index (χ2v) is 6.10. The van der Waals surface area contributed by atoms with Gasteiger partial charge < -0.3 is 14.4 Å². The average Bonchev–Trinajstić information content (AvgIpc) is 2.64. The largest absolute Gasteiger partial charge is 0.466 e. The summed E-state index contributed by atoms with van der Waals surface area (Å²) in [7, 11) is 4.00. The van der Waals surface area contributed by atoms with Crippen LogP contribution in [0.25, 0.3) is 0 Å². The molecule has 146 valence electrons. The predicted molar refractivity (Wildman–Crippen MR) is 91.4 cm³/mol. The fourth-order valence-corrected chi connectivity index (χ4v) is 3.15. The highest BCUT2D eigenvalue weighted by atomic mass is 19.4. The summed E-state index contributed by atoms with van der Waals surface area (Å²) in [5.41, 5.74) is 0.416. The molecule has 0 N–H and O–H groups in total. The lowest BCUT2D eigenvalue weighted by Crippen LogP contribution is -2.33. The van der Waals surface area contributed by atoms with Gasteiger partial charge in [0.15, 0.2) is 0 Å². The van der Waals surface area contributed by atoms with Gasteiger partial charge in [0, 0.05) is 18.4 Å². The van der Waals surface area contributed by atoms with Gasteiger partial charge in [-0.1, -0.05) is 18.2 Å². The molecule has 8 heteroatoms. The maximum atomic E-state index is 13.2. The van der Waals surface area contributed by atoms with Gasteiger partial charge in [-0.15, -0.1) is 0 Å². The Morgan fingerprint density at radius 3 is 1.89 bits per heavy atom. The summed E-state index contributed by atoms with van der Waals surface area (Å²) < 4.78 is 49.2. The highest BCUT2D eigenvalue weighted by molar-refractivity contribution is 5.99. The molecule has 0 amide bonds. The van der Waals surface area contributed by atoms with Gasteiger partial charge in [0.25, 0.3) is 0 Å². The van der Waals surface area contributed by atoms with Crippen LogP contribution in [-0.4, -0.2) is 38.1 Å². The molecule has 0 atom stereocenters. The summed E-state index contributed by atoms with van der Waals surface area (Å²) in [6.45, 7) is 3.29. The number of esters is 2. The van der Waals surface area contributed by atoms with Gasteiger partial charge in [0.1, 0.15) is 0 Å². The summed E-state index contributed by atoms with van der Waals surface area (Å²) in [5, 5.41) is 0. The number of halogens is 3. The zero-order valence-electron chi connectivity index (χ0n) is 15.6. The molecule has 5 nitrogen and oxygen atoms in total. The van der Waals surface area contributed by atoms with Crippen molar-refractivity contribution in [3.8, 4) is 0 Å². The maximum Gasteiger partial charge on any atom is 0.416 e. The van der Waals surface area contributed by atoms with E-state index in [1.54, 1.807) is 25.8 Å². The summed E-state index contributed by atoms with van der Waals surface area (Å²) in [6.07, 6.45) is -4.56. The fourth-order valence-electron chi connectivity index (χ4n) is 3.15. The van der Waals surface area contributed by atoms with E-state index >= 15 is 0 Å². The van der Waals surface area contributed by atoms with Crippen LogP contribution in [0.15, 0.2) is 46.8 Å². The molecule has 1 heterocycles. The third-order valence-corrected chi connectivity index (χ3v) is 4.72. The minimum absolute atomic E-state index is 0.0883. The van der Waals surface area contributed by atoms with E-state index in [2.05, 4.69) is 0 Å². The first kappa shape index (κ1) is 20.5. The smallest absolute Gasteiger partial charge is 0.416 e. The quantitative estimate of drug-likeness (QED) is 0.746. The maximum absolute atomic E-state index is 13.2. The van der Waals surface area contributed by atoms with Crippen molar-refractivity contribution in [1.82, 2.24) is 4.90 Å². The molecule has 0 bridgehead atoms. The Morgan fingerprint density at radius 2 is 1.48 bits per heavy atom. The Hall–Kier alpha value is -2.77. The van der Waals surface area contributed by atoms with E-state index in [1.165, 1.54) is 26.4 Å². The van der Waals surface area contributed by atoms with Crippen molar-refractivity contribution < 1.29 is 32.2 Å². The number of rotatable bonds is 3. The van der Waals surface area contributed by atoms with E-state index in [-0.39, 0.29) is 16.7 Å². The van der Waals surface area contributed by atoms with E-state index in [0.717, 1.165) is 12.1 Å². The first-order chi connectivity index (χ1) is 12.5. The van der Waals surface area contributed by atoms with Gasteiger partial charge in [0.2, 0.25) is 0 Å². The van der Waals surface area contributed by atoms with E-state index in [4.69, 9.17) is 9.47 Å². The monoisotopic (exact) mass is 383 g/mol. The average molecular weight is 383 g/mol. The van der Waals surface area contributed by atoms with Gasteiger partial charge in [-0.3, -0.25) is 0 Å². The molecule has 0 aromatic heterocycles. The third kappa shape index (κ3) is 3.70. The van der Waals surface area contributed by atoms with Crippen LogP contribution in [0.3, 0.4) is 0 Å². The van der Waals surface area contributed by atoms with E-state index < -0.39 is 29.6 Å². The number of methoxy groups -OCH3 is 2. The number of carbonyl (C=O) groups is 2. The minimum atomic E-state index is -4.56. The Balaban J connectivity index is 2.79. The highest BCUT2D eigenvalue weighted by Crippen LogP contribution is 2.43. The molecule has 0 saturated carbocycles. The molecule has 2 rings (SSSR count). The van der Waals surface area contributed by atoms with Crippen LogP contribution in [0, 0.1) is 0 Å². The normalized spacial score (nSPS) is 15.9. The number of hydrogen-bond donors (Lipinski definition) is 0. The van der Waals surface area contributed by atoms with Crippen LogP contribution in [-0.2, 0) is 25.2 Å². The SMILES string of the molecule is COC(=O)C1=C(C)N(C)C(C)=C(C(=O)OC)C1c1cccc(C(F)(F)F)c1. The molecule has 0 saturated heterocycles. The van der Waals surface area contributed by atoms with Crippen molar-refractivity contribution >= 4 is 11.9 Å². The molecule has 0 fully saturated rings. The summed E-state index contributed by atoms with van der Waals surface area (Å²) >= 11 is 0. The zero-order chi connectivity index (χ0) is 20.5. The van der Waals surface area contributed by atoms with Gasteiger partial charge in [-0.25, -0.2) is 9.59 Å². The van der Waals surface area contributed by atoms with Crippen molar-refractivity contribution in [1.29, 1.82) is 0 Å². The lowest BCUT2D eigenvalue weighted by atomic mass is 9.79. The second-order valence-electron chi connectivity index (χ2n) is 6.10. The van der Waals surface area contributed by atoms with Crippen molar-refractivity contribution in [2.75, 3.05) is 21.3 Å². The van der Waals surface area contributed by atoms with Gasteiger partial charge in [-0.2, -0.15) is 13.2 Å². The summed E-state index contributed by atoms with van der Waals surface area (Å²) in [4.78, 5) is 26.5. The van der Waals surface area contributed by atoms with E-state index in [9.17, 15) is 22.8 Å². The van der Waals surface area contributed by atoms with Crippen LogP contribution < -0.4 is 0 Å². The summed E-state index contributed by atoms with van der Waals surface area (Å²) in [6, 6.07) is 4.55. The van der Waals surface area contributed by atoms with Crippen LogP contribution >= 0.6 is 0 Å². The Bertz CT molecular complexity index is 800. The van der Waals surface area contributed by atoms with Crippen molar-refractivity contribution in [3.63, 3.8) is 0 Å². The molecule has 1 aliphatic rings. The van der Waals surface area contributed by atoms with Gasteiger partial charge >= 0.3 is 18.1 Å². The number of ether oxygens (including phenoxy) is 2. The molecule has 0 aliphatic carbocycles. The Labute approximate surface area is 155 Å². The van der Waals surface area contributed by atoms with Crippen LogP contribution in [0.2, 0.25) is 0 Å². The number of allylic oxidation sites excluding steroid dienone is 2. The fraction of sp³-hybridized carbons (Fsp3) is 0.368. The standard InChI is InChI=1S/C19H20F3NO4/c1-10-14(17(24)26-4)16(15(18(25)27-5)11(2)23(10)3)12-7-6-8-13(9-12)19(20,21)22/h6-9,16H,1-5H3. The summed E-state index contributed by atoms with van der Waals surface area (Å²) in [5.74, 6) is -2.49. The highest BCUT2D eigenvalue weighted by Gasteiger charge is 2.40. The molecule has 1 aromatic carbocycles. The lowest BCUT2D eigenvalue weighted by molar-refractivity contribution is -0.138. The van der Waals surface area contributed by atoms with Gasteiger partial charge in [-0.05, 0) is 25.5 Å². The number of hydrogen-bond acceptors (Lipinski definition) is 5. The number of nitrogens with zero attached hydrogens (tertiary/aromatic N) is 1. The Morgan fingerprint density at radius 1 is 1.00 bits per heavy atom. The van der Waals surface area contributed by atoms with Gasteiger partial charge in [0.05, 0.1) is 36.8 Å². The molecule has 0 unspecified atom stereocenters. The van der Waals surface area contributed by atoms with Crippen LogP contribution in [0.1, 0.15) is 30.9 Å². The topological polar surface area (TPSA) is 55.8 Å². The number of carbonyl (C=O) groups excluding carboxylic acids is 2. The predicted octanol–water partition coefficient (Wildman–Crippen LogP) is 3.63. The first-order valence-corrected chi connectivity index (χ1v) is 8.03. The van der Waals surface area contributed by atoms with Crippen LogP contribution in [0.4, 0.5) is 13.2 Å².